The summed E-state index contributed by atoms with van der Waals surface area (Å²) in [6.07, 6.45) is 3.20. The van der Waals surface area contributed by atoms with Gasteiger partial charge in [-0.25, -0.2) is 9.07 Å². The minimum Gasteiger partial charge on any atom is -0.249 e. The quantitative estimate of drug-likeness (QED) is 0.720. The van der Waals surface area contributed by atoms with Crippen LogP contribution in [-0.4, -0.2) is 15.0 Å². The molecule has 108 valence electrons. The van der Waals surface area contributed by atoms with Crippen LogP contribution < -0.4 is 0 Å². The van der Waals surface area contributed by atoms with Gasteiger partial charge in [0.25, 0.3) is 0 Å². The Morgan fingerprint density at radius 1 is 1.29 bits per heavy atom. The normalized spacial score (nSPS) is 14.0. The van der Waals surface area contributed by atoms with E-state index >= 15 is 4.39 Å². The van der Waals surface area contributed by atoms with Gasteiger partial charge in [-0.15, -0.1) is 16.4 Å². The molecule has 3 aromatic rings. The molecular formula is C15H13ClFN3S. The van der Waals surface area contributed by atoms with Crippen LogP contribution in [0.15, 0.2) is 48.1 Å². The molecule has 0 bridgehead atoms. The Morgan fingerprint density at radius 2 is 2.05 bits per heavy atom. The first-order valence-corrected chi connectivity index (χ1v) is 7.69. The van der Waals surface area contributed by atoms with Gasteiger partial charge in [-0.2, -0.15) is 0 Å². The van der Waals surface area contributed by atoms with Gasteiger partial charge < -0.3 is 0 Å². The number of rotatable bonds is 4. The number of hydrogen-bond donors (Lipinski definition) is 0. The summed E-state index contributed by atoms with van der Waals surface area (Å²) in [5, 5.41) is 10.1. The molecule has 0 aliphatic carbocycles. The number of nitrogens with zero attached hydrogens (tertiary/aromatic N) is 3. The van der Waals surface area contributed by atoms with Gasteiger partial charge in [0.2, 0.25) is 0 Å². The summed E-state index contributed by atoms with van der Waals surface area (Å²) in [5.74, 6) is 0. The van der Waals surface area contributed by atoms with Gasteiger partial charge in [-0.05, 0) is 36.1 Å². The van der Waals surface area contributed by atoms with Crippen LogP contribution in [0, 0.1) is 6.92 Å². The van der Waals surface area contributed by atoms with E-state index in [2.05, 4.69) is 10.3 Å². The minimum absolute atomic E-state index is 0.0756. The Labute approximate surface area is 131 Å². The second-order valence-corrected chi connectivity index (χ2v) is 6.36. The molecule has 21 heavy (non-hydrogen) atoms. The van der Waals surface area contributed by atoms with E-state index in [0.717, 1.165) is 4.88 Å². The summed E-state index contributed by atoms with van der Waals surface area (Å²) < 4.78 is 17.4. The van der Waals surface area contributed by atoms with E-state index in [1.165, 1.54) is 16.0 Å². The first-order chi connectivity index (χ1) is 10.1. The summed E-state index contributed by atoms with van der Waals surface area (Å²) in [5.41, 5.74) is -0.447. The fraction of sp³-hybridized carbons (Fsp3) is 0.200. The number of thiophene rings is 1. The molecule has 2 aromatic heterocycles. The molecule has 0 spiro atoms. The number of aryl methyl sites for hydroxylation is 1. The number of alkyl halides is 1. The van der Waals surface area contributed by atoms with Gasteiger partial charge in [-0.3, -0.25) is 0 Å². The third-order valence-corrected chi connectivity index (χ3v) is 4.54. The summed E-state index contributed by atoms with van der Waals surface area (Å²) in [6.45, 7) is 2.00. The molecule has 0 aliphatic heterocycles. The van der Waals surface area contributed by atoms with Crippen molar-refractivity contribution >= 4 is 22.9 Å². The van der Waals surface area contributed by atoms with Crippen LogP contribution in [0.1, 0.15) is 16.0 Å². The maximum atomic E-state index is 15.9. The zero-order valence-electron chi connectivity index (χ0n) is 11.3. The fourth-order valence-corrected chi connectivity index (χ4v) is 3.27. The van der Waals surface area contributed by atoms with Gasteiger partial charge in [0.05, 0.1) is 12.7 Å². The molecular weight excluding hydrogens is 309 g/mol. The Morgan fingerprint density at radius 3 is 2.62 bits per heavy atom. The molecule has 0 radical (unpaired) electrons. The van der Waals surface area contributed by atoms with Crippen molar-refractivity contribution in [2.75, 3.05) is 0 Å². The molecule has 0 saturated heterocycles. The second-order valence-electron chi connectivity index (χ2n) is 4.80. The van der Waals surface area contributed by atoms with Crippen molar-refractivity contribution in [3.05, 3.63) is 69.1 Å². The molecule has 0 amide bonds. The molecule has 1 aromatic carbocycles. The van der Waals surface area contributed by atoms with Gasteiger partial charge >= 0.3 is 0 Å². The maximum Gasteiger partial charge on any atom is 0.181 e. The molecule has 0 saturated carbocycles. The zero-order chi connectivity index (χ0) is 14.9. The van der Waals surface area contributed by atoms with Crippen LogP contribution in [-0.2, 0) is 12.2 Å². The molecule has 1 atom stereocenters. The van der Waals surface area contributed by atoms with Gasteiger partial charge in [0.1, 0.15) is 0 Å². The molecule has 0 fully saturated rings. The van der Waals surface area contributed by atoms with Crippen molar-refractivity contribution in [1.82, 2.24) is 15.0 Å². The lowest BCUT2D eigenvalue weighted by Gasteiger charge is -2.26. The third kappa shape index (κ3) is 2.71. The lowest BCUT2D eigenvalue weighted by Crippen LogP contribution is -2.28. The predicted octanol–water partition coefficient (Wildman–Crippen LogP) is 4.21. The van der Waals surface area contributed by atoms with Crippen LogP contribution in [0.25, 0.3) is 0 Å². The van der Waals surface area contributed by atoms with E-state index in [-0.39, 0.29) is 6.54 Å². The Bertz CT molecular complexity index is 724. The lowest BCUT2D eigenvalue weighted by molar-refractivity contribution is 0.180. The molecule has 0 aliphatic rings. The van der Waals surface area contributed by atoms with Gasteiger partial charge in [0.15, 0.2) is 5.67 Å². The minimum atomic E-state index is -1.66. The fourth-order valence-electron chi connectivity index (χ4n) is 2.38. The van der Waals surface area contributed by atoms with Crippen LogP contribution in [0.2, 0.25) is 5.02 Å². The van der Waals surface area contributed by atoms with E-state index in [4.69, 9.17) is 11.6 Å². The standard InChI is InChI=1S/C15H13ClFN3S/c1-11-14(6-9-21-11)15(17,10-20-8-7-18-19-20)12-2-4-13(16)5-3-12/h2-9H,10H2,1H3. The second kappa shape index (κ2) is 5.58. The van der Waals surface area contributed by atoms with Gasteiger partial charge in [0, 0.05) is 21.7 Å². The molecule has 3 rings (SSSR count). The summed E-state index contributed by atoms with van der Waals surface area (Å²) in [4.78, 5) is 0.951. The van der Waals surface area contributed by atoms with Crippen molar-refractivity contribution in [2.45, 2.75) is 19.1 Å². The van der Waals surface area contributed by atoms with Crippen LogP contribution >= 0.6 is 22.9 Å². The number of aromatic nitrogens is 3. The number of halogens is 2. The monoisotopic (exact) mass is 321 g/mol. The van der Waals surface area contributed by atoms with Crippen LogP contribution in [0.5, 0.6) is 0 Å². The molecule has 2 heterocycles. The highest BCUT2D eigenvalue weighted by molar-refractivity contribution is 7.10. The first kappa shape index (κ1) is 14.2. The third-order valence-electron chi connectivity index (χ3n) is 3.44. The molecule has 1 unspecified atom stereocenters. The molecule has 3 nitrogen and oxygen atoms in total. The first-order valence-electron chi connectivity index (χ1n) is 6.43. The summed E-state index contributed by atoms with van der Waals surface area (Å²) in [7, 11) is 0. The van der Waals surface area contributed by atoms with E-state index in [9.17, 15) is 0 Å². The topological polar surface area (TPSA) is 30.7 Å². The summed E-state index contributed by atoms with van der Waals surface area (Å²) >= 11 is 7.44. The molecule has 0 N–H and O–H groups in total. The highest BCUT2D eigenvalue weighted by Gasteiger charge is 2.37. The summed E-state index contributed by atoms with van der Waals surface area (Å²) in [6, 6.07) is 8.67. The van der Waals surface area contributed by atoms with Gasteiger partial charge in [-0.1, -0.05) is 28.9 Å². The van der Waals surface area contributed by atoms with E-state index < -0.39 is 5.67 Å². The highest BCUT2D eigenvalue weighted by Crippen LogP contribution is 2.39. The highest BCUT2D eigenvalue weighted by atomic mass is 35.5. The van der Waals surface area contributed by atoms with Crippen molar-refractivity contribution in [3.8, 4) is 0 Å². The number of hydrogen-bond acceptors (Lipinski definition) is 3. The van der Waals surface area contributed by atoms with E-state index in [1.54, 1.807) is 36.7 Å². The van der Waals surface area contributed by atoms with Crippen LogP contribution in [0.4, 0.5) is 4.39 Å². The molecule has 6 heteroatoms. The van der Waals surface area contributed by atoms with Crippen molar-refractivity contribution in [1.29, 1.82) is 0 Å². The maximum absolute atomic E-state index is 15.9. The lowest BCUT2D eigenvalue weighted by atomic mass is 9.88. The Balaban J connectivity index is 2.10. The smallest absolute Gasteiger partial charge is 0.181 e. The van der Waals surface area contributed by atoms with E-state index in [0.29, 0.717) is 16.1 Å². The Kier molecular flexibility index (Phi) is 3.78. The van der Waals surface area contributed by atoms with Crippen molar-refractivity contribution < 1.29 is 4.39 Å². The average Bonchev–Trinajstić information content (AvgIpc) is 3.11. The van der Waals surface area contributed by atoms with Crippen LogP contribution in [0.3, 0.4) is 0 Å². The SMILES string of the molecule is Cc1sccc1C(F)(Cn1ccnn1)c1ccc(Cl)cc1. The zero-order valence-corrected chi connectivity index (χ0v) is 12.9. The van der Waals surface area contributed by atoms with E-state index in [1.807, 2.05) is 18.4 Å². The predicted molar refractivity (Wildman–Crippen MR) is 82.4 cm³/mol. The largest absolute Gasteiger partial charge is 0.249 e. The Hall–Kier alpha value is -1.72. The van der Waals surface area contributed by atoms with Crippen molar-refractivity contribution in [3.63, 3.8) is 0 Å². The van der Waals surface area contributed by atoms with Crippen molar-refractivity contribution in [2.24, 2.45) is 0 Å². The number of benzene rings is 1. The average molecular weight is 322 g/mol.